The standard InChI is InChI=1S/C17H26N2S/c1-3-18-16(17-12-20-9-8-19(17)2)11-14-10-13-6-4-5-7-15(13)14/h4-7,14,16-18H,3,8-12H2,1-2H3. The van der Waals surface area contributed by atoms with Crippen molar-refractivity contribution in [1.29, 1.82) is 0 Å². The van der Waals surface area contributed by atoms with E-state index in [4.69, 9.17) is 0 Å². The highest BCUT2D eigenvalue weighted by Crippen LogP contribution is 2.39. The summed E-state index contributed by atoms with van der Waals surface area (Å²) in [6, 6.07) is 10.3. The first-order chi connectivity index (χ1) is 9.79. The topological polar surface area (TPSA) is 15.3 Å². The molecule has 0 aromatic heterocycles. The molecule has 0 bridgehead atoms. The van der Waals surface area contributed by atoms with Crippen LogP contribution in [0.15, 0.2) is 24.3 Å². The molecule has 0 radical (unpaired) electrons. The molecule has 1 fully saturated rings. The van der Waals surface area contributed by atoms with Crippen LogP contribution in [0, 0.1) is 0 Å². The monoisotopic (exact) mass is 290 g/mol. The molecule has 3 rings (SSSR count). The maximum absolute atomic E-state index is 3.76. The summed E-state index contributed by atoms with van der Waals surface area (Å²) in [6.45, 7) is 4.55. The molecule has 1 aromatic carbocycles. The van der Waals surface area contributed by atoms with Gasteiger partial charge in [-0.05, 0) is 43.5 Å². The molecule has 0 amide bonds. The molecular weight excluding hydrogens is 264 g/mol. The molecule has 3 heteroatoms. The van der Waals surface area contributed by atoms with Crippen LogP contribution in [-0.4, -0.2) is 48.6 Å². The predicted molar refractivity (Wildman–Crippen MR) is 88.7 cm³/mol. The zero-order valence-corrected chi connectivity index (χ0v) is 13.5. The normalized spacial score (nSPS) is 27.7. The molecule has 1 saturated heterocycles. The van der Waals surface area contributed by atoms with Gasteiger partial charge in [0.25, 0.3) is 0 Å². The number of benzene rings is 1. The van der Waals surface area contributed by atoms with Crippen LogP contribution in [0.3, 0.4) is 0 Å². The van der Waals surface area contributed by atoms with E-state index in [1.165, 1.54) is 30.9 Å². The van der Waals surface area contributed by atoms with Crippen molar-refractivity contribution in [3.63, 3.8) is 0 Å². The molecule has 110 valence electrons. The van der Waals surface area contributed by atoms with Crippen molar-refractivity contribution in [2.24, 2.45) is 0 Å². The SMILES string of the molecule is CCNC(CC1Cc2ccccc21)C1CSCCN1C. The van der Waals surface area contributed by atoms with Gasteiger partial charge in [-0.25, -0.2) is 0 Å². The highest BCUT2D eigenvalue weighted by molar-refractivity contribution is 7.99. The van der Waals surface area contributed by atoms with Crippen molar-refractivity contribution < 1.29 is 0 Å². The van der Waals surface area contributed by atoms with Gasteiger partial charge in [0, 0.05) is 30.1 Å². The van der Waals surface area contributed by atoms with E-state index in [1.807, 2.05) is 0 Å². The average Bonchev–Trinajstić information content (AvgIpc) is 2.44. The van der Waals surface area contributed by atoms with Gasteiger partial charge in [0.1, 0.15) is 0 Å². The summed E-state index contributed by atoms with van der Waals surface area (Å²) >= 11 is 2.12. The lowest BCUT2D eigenvalue weighted by molar-refractivity contribution is 0.201. The Morgan fingerprint density at radius 2 is 2.25 bits per heavy atom. The van der Waals surface area contributed by atoms with E-state index >= 15 is 0 Å². The predicted octanol–water partition coefficient (Wildman–Crippen LogP) is 2.74. The summed E-state index contributed by atoms with van der Waals surface area (Å²) in [4.78, 5) is 2.56. The Balaban J connectivity index is 1.66. The minimum Gasteiger partial charge on any atom is -0.313 e. The van der Waals surface area contributed by atoms with Crippen LogP contribution in [0.25, 0.3) is 0 Å². The molecule has 0 saturated carbocycles. The second-order valence-electron chi connectivity index (χ2n) is 6.12. The van der Waals surface area contributed by atoms with Gasteiger partial charge in [-0.1, -0.05) is 31.2 Å². The Hall–Kier alpha value is -0.510. The van der Waals surface area contributed by atoms with Gasteiger partial charge in [0.05, 0.1) is 0 Å². The second kappa shape index (κ2) is 6.50. The van der Waals surface area contributed by atoms with Crippen LogP contribution >= 0.6 is 11.8 Å². The molecule has 1 aromatic rings. The molecule has 2 nitrogen and oxygen atoms in total. The molecule has 1 N–H and O–H groups in total. The van der Waals surface area contributed by atoms with Gasteiger partial charge in [0.2, 0.25) is 0 Å². The van der Waals surface area contributed by atoms with Crippen molar-refractivity contribution in [3.8, 4) is 0 Å². The fraction of sp³-hybridized carbons (Fsp3) is 0.647. The molecule has 1 aliphatic heterocycles. The summed E-state index contributed by atoms with van der Waals surface area (Å²) in [6.07, 6.45) is 2.57. The van der Waals surface area contributed by atoms with Gasteiger partial charge < -0.3 is 10.2 Å². The third-order valence-electron chi connectivity index (χ3n) is 4.87. The first-order valence-corrected chi connectivity index (χ1v) is 9.04. The Bertz CT molecular complexity index is 448. The Morgan fingerprint density at radius 1 is 1.40 bits per heavy atom. The lowest BCUT2D eigenvalue weighted by Crippen LogP contribution is -2.53. The number of likely N-dealkylation sites (N-methyl/N-ethyl adjacent to an activating group) is 2. The highest BCUT2D eigenvalue weighted by atomic mass is 32.2. The van der Waals surface area contributed by atoms with Gasteiger partial charge in [-0.15, -0.1) is 0 Å². The van der Waals surface area contributed by atoms with E-state index in [0.29, 0.717) is 12.1 Å². The van der Waals surface area contributed by atoms with E-state index in [9.17, 15) is 0 Å². The fourth-order valence-electron chi connectivity index (χ4n) is 3.65. The average molecular weight is 290 g/mol. The molecule has 20 heavy (non-hydrogen) atoms. The third kappa shape index (κ3) is 2.90. The number of fused-ring (bicyclic) bond motifs is 1. The van der Waals surface area contributed by atoms with Crippen molar-refractivity contribution in [3.05, 3.63) is 35.4 Å². The minimum atomic E-state index is 0.635. The molecule has 0 spiro atoms. The zero-order chi connectivity index (χ0) is 13.9. The minimum absolute atomic E-state index is 0.635. The number of hydrogen-bond donors (Lipinski definition) is 1. The molecular formula is C17H26N2S. The Kier molecular flexibility index (Phi) is 4.69. The highest BCUT2D eigenvalue weighted by Gasteiger charge is 2.33. The van der Waals surface area contributed by atoms with E-state index in [-0.39, 0.29) is 0 Å². The van der Waals surface area contributed by atoms with Crippen LogP contribution in [0.4, 0.5) is 0 Å². The number of rotatable bonds is 5. The van der Waals surface area contributed by atoms with Crippen LogP contribution < -0.4 is 5.32 Å². The summed E-state index contributed by atoms with van der Waals surface area (Å²) in [7, 11) is 2.30. The van der Waals surface area contributed by atoms with E-state index in [2.05, 4.69) is 60.2 Å². The number of hydrogen-bond acceptors (Lipinski definition) is 3. The largest absolute Gasteiger partial charge is 0.313 e. The summed E-state index contributed by atoms with van der Waals surface area (Å²) in [5.74, 6) is 3.34. The second-order valence-corrected chi connectivity index (χ2v) is 7.27. The summed E-state index contributed by atoms with van der Waals surface area (Å²) < 4.78 is 0. The van der Waals surface area contributed by atoms with Crippen LogP contribution in [0.1, 0.15) is 30.4 Å². The van der Waals surface area contributed by atoms with E-state index < -0.39 is 0 Å². The summed E-state index contributed by atoms with van der Waals surface area (Å²) in [5, 5.41) is 3.76. The van der Waals surface area contributed by atoms with Crippen LogP contribution in [0.2, 0.25) is 0 Å². The quantitative estimate of drug-likeness (QED) is 0.898. The maximum Gasteiger partial charge on any atom is 0.0337 e. The zero-order valence-electron chi connectivity index (χ0n) is 12.6. The molecule has 1 aliphatic carbocycles. The lowest BCUT2D eigenvalue weighted by Gasteiger charge is -2.41. The number of nitrogens with one attached hydrogen (secondary N) is 1. The Labute approximate surface area is 127 Å². The summed E-state index contributed by atoms with van der Waals surface area (Å²) in [5.41, 5.74) is 3.17. The van der Waals surface area contributed by atoms with Crippen LogP contribution in [-0.2, 0) is 6.42 Å². The molecule has 3 unspecified atom stereocenters. The van der Waals surface area contributed by atoms with Crippen molar-refractivity contribution in [1.82, 2.24) is 10.2 Å². The first-order valence-electron chi connectivity index (χ1n) is 7.88. The lowest BCUT2D eigenvalue weighted by atomic mass is 9.73. The number of thioether (sulfide) groups is 1. The molecule has 3 atom stereocenters. The van der Waals surface area contributed by atoms with Gasteiger partial charge >= 0.3 is 0 Å². The van der Waals surface area contributed by atoms with Crippen molar-refractivity contribution >= 4 is 11.8 Å². The van der Waals surface area contributed by atoms with E-state index in [1.54, 1.807) is 11.1 Å². The van der Waals surface area contributed by atoms with Crippen molar-refractivity contribution in [2.75, 3.05) is 31.6 Å². The molecule has 1 heterocycles. The van der Waals surface area contributed by atoms with Gasteiger partial charge in [-0.2, -0.15) is 11.8 Å². The van der Waals surface area contributed by atoms with Gasteiger partial charge in [-0.3, -0.25) is 0 Å². The fourth-order valence-corrected chi connectivity index (χ4v) is 4.96. The van der Waals surface area contributed by atoms with Gasteiger partial charge in [0.15, 0.2) is 0 Å². The first kappa shape index (κ1) is 14.4. The third-order valence-corrected chi connectivity index (χ3v) is 5.92. The van der Waals surface area contributed by atoms with E-state index in [0.717, 1.165) is 12.5 Å². The Morgan fingerprint density at radius 3 is 3.00 bits per heavy atom. The maximum atomic E-state index is 3.76. The molecule has 2 aliphatic rings. The number of nitrogens with zero attached hydrogens (tertiary/aromatic N) is 1. The smallest absolute Gasteiger partial charge is 0.0337 e. The van der Waals surface area contributed by atoms with Crippen molar-refractivity contribution in [2.45, 2.75) is 37.8 Å². The van der Waals surface area contributed by atoms with Crippen LogP contribution in [0.5, 0.6) is 0 Å².